The quantitative estimate of drug-likeness (QED) is 0.788. The fourth-order valence-corrected chi connectivity index (χ4v) is 2.01. The largest absolute Gasteiger partial charge is 0.489 e. The van der Waals surface area contributed by atoms with E-state index >= 15 is 0 Å². The van der Waals surface area contributed by atoms with Crippen molar-refractivity contribution in [2.75, 3.05) is 5.73 Å². The van der Waals surface area contributed by atoms with E-state index in [0.717, 1.165) is 11.4 Å². The summed E-state index contributed by atoms with van der Waals surface area (Å²) in [6, 6.07) is 4.29. The zero-order chi connectivity index (χ0) is 15.0. The molecule has 2 nitrogen and oxygen atoms in total. The monoisotopic (exact) mass is 263 g/mol. The van der Waals surface area contributed by atoms with Gasteiger partial charge in [0.25, 0.3) is 0 Å². The molecule has 0 saturated carbocycles. The molecule has 0 aromatic heterocycles. The third-order valence-electron chi connectivity index (χ3n) is 3.15. The van der Waals surface area contributed by atoms with Crippen molar-refractivity contribution >= 4 is 5.69 Å². The number of benzene rings is 1. The van der Waals surface area contributed by atoms with E-state index in [9.17, 15) is 0 Å². The van der Waals surface area contributed by atoms with Crippen LogP contribution in [0.5, 0.6) is 5.75 Å². The standard InChI is InChI=1S/C17H29NO/c1-11(2)19-15-13(17(6,7)8)9-12(10-14(15)18)16(3,4)5/h9-11H,18H2,1-8H3. The van der Waals surface area contributed by atoms with Crippen molar-refractivity contribution in [3.8, 4) is 5.75 Å². The van der Waals surface area contributed by atoms with Gasteiger partial charge in [-0.1, -0.05) is 47.6 Å². The summed E-state index contributed by atoms with van der Waals surface area (Å²) < 4.78 is 5.95. The molecule has 0 aliphatic rings. The minimum absolute atomic E-state index is 0.0135. The maximum atomic E-state index is 6.24. The van der Waals surface area contributed by atoms with E-state index in [0.29, 0.717) is 0 Å². The van der Waals surface area contributed by atoms with Crippen LogP contribution in [-0.4, -0.2) is 6.10 Å². The predicted octanol–water partition coefficient (Wildman–Crippen LogP) is 4.65. The molecule has 0 aliphatic carbocycles. The summed E-state index contributed by atoms with van der Waals surface area (Å²) in [6.45, 7) is 17.3. The predicted molar refractivity (Wildman–Crippen MR) is 84.0 cm³/mol. The van der Waals surface area contributed by atoms with E-state index in [1.807, 2.05) is 19.9 Å². The SMILES string of the molecule is CC(C)Oc1c(N)cc(C(C)(C)C)cc1C(C)(C)C. The van der Waals surface area contributed by atoms with Crippen LogP contribution in [0, 0.1) is 0 Å². The van der Waals surface area contributed by atoms with E-state index in [1.165, 1.54) is 11.1 Å². The van der Waals surface area contributed by atoms with Gasteiger partial charge in [-0.05, 0) is 36.3 Å². The van der Waals surface area contributed by atoms with Crippen LogP contribution in [0.1, 0.15) is 66.5 Å². The smallest absolute Gasteiger partial charge is 0.146 e. The van der Waals surface area contributed by atoms with Crippen LogP contribution in [0.15, 0.2) is 12.1 Å². The Morgan fingerprint density at radius 2 is 1.47 bits per heavy atom. The Balaban J connectivity index is 3.48. The molecule has 1 aromatic carbocycles. The van der Waals surface area contributed by atoms with Gasteiger partial charge in [-0.25, -0.2) is 0 Å². The summed E-state index contributed by atoms with van der Waals surface area (Å²) in [6.07, 6.45) is 0.129. The summed E-state index contributed by atoms with van der Waals surface area (Å²) in [4.78, 5) is 0. The number of hydrogen-bond acceptors (Lipinski definition) is 2. The van der Waals surface area contributed by atoms with Gasteiger partial charge >= 0.3 is 0 Å². The van der Waals surface area contributed by atoms with Gasteiger partial charge in [-0.2, -0.15) is 0 Å². The van der Waals surface area contributed by atoms with Crippen molar-refractivity contribution in [1.29, 1.82) is 0 Å². The molecule has 2 heteroatoms. The summed E-state index contributed by atoms with van der Waals surface area (Å²) in [5.41, 5.74) is 9.52. The second-order valence-electron chi connectivity index (χ2n) is 7.61. The minimum atomic E-state index is 0.0135. The first-order valence-electron chi connectivity index (χ1n) is 7.04. The normalized spacial score (nSPS) is 12.9. The lowest BCUT2D eigenvalue weighted by molar-refractivity contribution is 0.238. The Hall–Kier alpha value is -1.18. The Kier molecular flexibility index (Phi) is 4.23. The molecule has 19 heavy (non-hydrogen) atoms. The number of nitrogens with two attached hydrogens (primary N) is 1. The van der Waals surface area contributed by atoms with Gasteiger partial charge in [0, 0.05) is 5.56 Å². The van der Waals surface area contributed by atoms with Gasteiger partial charge in [-0.3, -0.25) is 0 Å². The van der Waals surface area contributed by atoms with Gasteiger partial charge in [0.1, 0.15) is 5.75 Å². The highest BCUT2D eigenvalue weighted by molar-refractivity contribution is 5.61. The fourth-order valence-electron chi connectivity index (χ4n) is 2.01. The van der Waals surface area contributed by atoms with Gasteiger partial charge < -0.3 is 10.5 Å². The summed E-state index contributed by atoms with van der Waals surface area (Å²) >= 11 is 0. The van der Waals surface area contributed by atoms with Crippen LogP contribution >= 0.6 is 0 Å². The molecule has 0 aliphatic heterocycles. The Morgan fingerprint density at radius 1 is 0.947 bits per heavy atom. The van der Waals surface area contributed by atoms with Crippen molar-refractivity contribution in [2.45, 2.75) is 72.3 Å². The van der Waals surface area contributed by atoms with Gasteiger partial charge in [0.2, 0.25) is 0 Å². The van der Waals surface area contributed by atoms with Crippen LogP contribution in [0.25, 0.3) is 0 Å². The van der Waals surface area contributed by atoms with E-state index in [2.05, 4.69) is 47.6 Å². The number of rotatable bonds is 2. The van der Waals surface area contributed by atoms with Crippen molar-refractivity contribution in [1.82, 2.24) is 0 Å². The Labute approximate surface area is 118 Å². The van der Waals surface area contributed by atoms with Gasteiger partial charge in [0.05, 0.1) is 11.8 Å². The van der Waals surface area contributed by atoms with Crippen LogP contribution in [0.3, 0.4) is 0 Å². The maximum Gasteiger partial charge on any atom is 0.146 e. The number of ether oxygens (including phenoxy) is 1. The molecule has 0 saturated heterocycles. The molecule has 108 valence electrons. The number of anilines is 1. The molecule has 0 spiro atoms. The lowest BCUT2D eigenvalue weighted by Gasteiger charge is -2.29. The zero-order valence-electron chi connectivity index (χ0n) is 13.7. The first kappa shape index (κ1) is 15.9. The second kappa shape index (κ2) is 5.07. The zero-order valence-corrected chi connectivity index (χ0v) is 13.7. The van der Waals surface area contributed by atoms with Crippen molar-refractivity contribution < 1.29 is 4.74 Å². The van der Waals surface area contributed by atoms with E-state index in [-0.39, 0.29) is 16.9 Å². The summed E-state index contributed by atoms with van der Waals surface area (Å²) in [7, 11) is 0. The van der Waals surface area contributed by atoms with Crippen molar-refractivity contribution in [3.63, 3.8) is 0 Å². The molecular formula is C17H29NO. The molecule has 0 atom stereocenters. The highest BCUT2D eigenvalue weighted by Gasteiger charge is 2.25. The Bertz CT molecular complexity index is 448. The molecule has 1 aromatic rings. The molecule has 0 unspecified atom stereocenters. The first-order chi connectivity index (χ1) is 8.43. The second-order valence-corrected chi connectivity index (χ2v) is 7.61. The highest BCUT2D eigenvalue weighted by atomic mass is 16.5. The topological polar surface area (TPSA) is 35.2 Å². The third-order valence-corrected chi connectivity index (χ3v) is 3.15. The molecule has 0 bridgehead atoms. The van der Waals surface area contributed by atoms with Gasteiger partial charge in [0.15, 0.2) is 0 Å². The first-order valence-corrected chi connectivity index (χ1v) is 7.04. The third kappa shape index (κ3) is 3.89. The molecular weight excluding hydrogens is 234 g/mol. The van der Waals surface area contributed by atoms with E-state index in [4.69, 9.17) is 10.5 Å². The summed E-state index contributed by atoms with van der Waals surface area (Å²) in [5.74, 6) is 0.843. The van der Waals surface area contributed by atoms with Crippen LogP contribution < -0.4 is 10.5 Å². The molecule has 1 rings (SSSR count). The summed E-state index contributed by atoms with van der Waals surface area (Å²) in [5, 5.41) is 0. The minimum Gasteiger partial charge on any atom is -0.489 e. The Morgan fingerprint density at radius 3 is 1.84 bits per heavy atom. The van der Waals surface area contributed by atoms with E-state index < -0.39 is 0 Å². The molecule has 0 radical (unpaired) electrons. The van der Waals surface area contributed by atoms with Crippen LogP contribution in [-0.2, 0) is 10.8 Å². The average molecular weight is 263 g/mol. The van der Waals surface area contributed by atoms with E-state index in [1.54, 1.807) is 0 Å². The molecule has 0 amide bonds. The molecule has 0 heterocycles. The number of nitrogen functional groups attached to an aromatic ring is 1. The maximum absolute atomic E-state index is 6.24. The number of hydrogen-bond donors (Lipinski definition) is 1. The molecule has 0 fully saturated rings. The van der Waals surface area contributed by atoms with Crippen molar-refractivity contribution in [3.05, 3.63) is 23.3 Å². The van der Waals surface area contributed by atoms with Crippen LogP contribution in [0.2, 0.25) is 0 Å². The lowest BCUT2D eigenvalue weighted by atomic mass is 9.79. The molecule has 2 N–H and O–H groups in total. The van der Waals surface area contributed by atoms with Crippen molar-refractivity contribution in [2.24, 2.45) is 0 Å². The lowest BCUT2D eigenvalue weighted by Crippen LogP contribution is -2.20. The average Bonchev–Trinajstić information content (AvgIpc) is 2.16. The van der Waals surface area contributed by atoms with Crippen LogP contribution in [0.4, 0.5) is 5.69 Å². The highest BCUT2D eigenvalue weighted by Crippen LogP contribution is 2.40. The fraction of sp³-hybridized carbons (Fsp3) is 0.647. The van der Waals surface area contributed by atoms with Gasteiger partial charge in [-0.15, -0.1) is 0 Å².